The van der Waals surface area contributed by atoms with Crippen molar-refractivity contribution in [2.75, 3.05) is 0 Å². The van der Waals surface area contributed by atoms with Crippen molar-refractivity contribution >= 4 is 6.03 Å². The van der Waals surface area contributed by atoms with E-state index in [0.717, 1.165) is 0 Å². The Bertz CT molecular complexity index is 96.7. The maximum absolute atomic E-state index is 9.94. The van der Waals surface area contributed by atoms with E-state index >= 15 is 0 Å². The number of urea groups is 1. The van der Waals surface area contributed by atoms with Gasteiger partial charge in [0.15, 0.2) is 5.65 Å². The zero-order chi connectivity index (χ0) is 8.73. The van der Waals surface area contributed by atoms with Crippen molar-refractivity contribution in [2.24, 2.45) is 11.4 Å². The van der Waals surface area contributed by atoms with Crippen LogP contribution in [0, 0.1) is 0 Å². The molecule has 4 N–H and O–H groups in total. The standard InChI is InChI=1S/C2H4.CH4N2O/c1-2;2-1(3)4/h1-2H2;(H4,2,3,4)/i/hD4. The molecule has 0 saturated carbocycles. The van der Waals surface area contributed by atoms with Crippen LogP contribution < -0.4 is 11.4 Å². The first kappa shape index (κ1) is 1.64. The van der Waals surface area contributed by atoms with Crippen molar-refractivity contribution < 1.29 is 10.4 Å². The molecule has 2 amide bonds. The van der Waals surface area contributed by atoms with Gasteiger partial charge in [0, 0.05) is 0 Å². The fraction of sp³-hybridized carbons (Fsp3) is 0. The molecule has 0 fully saturated rings. The molecule has 0 aromatic rings. The van der Waals surface area contributed by atoms with Crippen LogP contribution in [0.1, 0.15) is 0 Å². The molecule has 3 heteroatoms. The van der Waals surface area contributed by atoms with Crippen molar-refractivity contribution in [3.63, 3.8) is 0 Å². The van der Waals surface area contributed by atoms with Gasteiger partial charge in [-0.3, -0.25) is 0 Å². The molecule has 0 bridgehead atoms. The molecule has 0 rings (SSSR count). The second-order valence-electron chi connectivity index (χ2n) is 0.283. The lowest BCUT2D eigenvalue weighted by Gasteiger charge is -1.62. The summed E-state index contributed by atoms with van der Waals surface area (Å²) in [6, 6.07) is -1.31. The van der Waals surface area contributed by atoms with Crippen LogP contribution in [0.15, 0.2) is 13.2 Å². The number of primary amides is 2. The zero-order valence-corrected chi connectivity index (χ0v) is 3.22. The van der Waals surface area contributed by atoms with E-state index in [1.165, 1.54) is 0 Å². The van der Waals surface area contributed by atoms with Gasteiger partial charge in [-0.25, -0.2) is 4.79 Å². The summed E-state index contributed by atoms with van der Waals surface area (Å²) in [6.07, 6.45) is 0. The van der Waals surface area contributed by atoms with Gasteiger partial charge >= 0.3 is 6.03 Å². The van der Waals surface area contributed by atoms with Gasteiger partial charge in [0.2, 0.25) is 0 Å². The average molecular weight is 92.1 g/mol. The molecule has 0 aliphatic carbocycles. The number of amides is 2. The van der Waals surface area contributed by atoms with Gasteiger partial charge in [0.05, 0.1) is 0 Å². The highest BCUT2D eigenvalue weighted by Crippen LogP contribution is 1.25. The molecule has 0 heterocycles. The van der Waals surface area contributed by atoms with Gasteiger partial charge in [-0.05, 0) is 0 Å². The molecule has 0 radical (unpaired) electrons. The lowest BCUT2D eigenvalue weighted by Crippen LogP contribution is -2.18. The molecular formula is C3H8N2O. The van der Waals surface area contributed by atoms with Crippen LogP contribution in [0.2, 0.25) is 5.65 Å². The molecule has 0 saturated heterocycles. The van der Waals surface area contributed by atoms with E-state index in [2.05, 4.69) is 13.2 Å². The lowest BCUT2D eigenvalue weighted by molar-refractivity contribution is 0.256. The molecule has 36 valence electrons. The average Bonchev–Trinajstić information content (AvgIpc) is 1.90. The summed E-state index contributed by atoms with van der Waals surface area (Å²) in [7, 11) is 0. The molecule has 0 atom stereocenters. The predicted octanol–water partition coefficient (Wildman–Crippen LogP) is -0.174. The van der Waals surface area contributed by atoms with Crippen LogP contribution >= 0.6 is 0 Å². The highest BCUT2D eigenvalue weighted by molar-refractivity contribution is 5.69. The van der Waals surface area contributed by atoms with Crippen LogP contribution in [0.4, 0.5) is 4.79 Å². The van der Waals surface area contributed by atoms with Gasteiger partial charge in [0.25, 0.3) is 0 Å². The van der Waals surface area contributed by atoms with Crippen LogP contribution in [0.3, 0.4) is 0 Å². The Morgan fingerprint density at radius 1 is 1.67 bits per heavy atom. The van der Waals surface area contributed by atoms with Gasteiger partial charge < -0.3 is 11.4 Å². The summed E-state index contributed by atoms with van der Waals surface area (Å²) in [5, 5.41) is 0. The smallest absolute Gasteiger partial charge is 0.309 e. The third-order valence-corrected chi connectivity index (χ3v) is 0. The Hall–Kier alpha value is -0.990. The van der Waals surface area contributed by atoms with E-state index < -0.39 is 6.03 Å². The maximum Gasteiger partial charge on any atom is 0.309 e. The number of carbonyl (C=O) groups is 1. The van der Waals surface area contributed by atoms with E-state index in [0.29, 0.717) is 0 Å². The predicted molar refractivity (Wildman–Crippen MR) is 25.0 cm³/mol. The highest BCUT2D eigenvalue weighted by atomic mass is 16.2. The normalized spacial score (nSPS) is 12.7. The topological polar surface area (TPSA) is 69.1 Å². The van der Waals surface area contributed by atoms with Gasteiger partial charge in [-0.2, -0.15) is 0 Å². The molecule has 0 spiro atoms. The Morgan fingerprint density at radius 3 is 2.00 bits per heavy atom. The quantitative estimate of drug-likeness (QED) is 0.400. The van der Waals surface area contributed by atoms with Crippen LogP contribution in [-0.4, -0.2) is 6.03 Å². The Morgan fingerprint density at radius 2 is 2.00 bits per heavy atom. The number of hydrogen-bond acceptors (Lipinski definition) is 1. The van der Waals surface area contributed by atoms with Crippen LogP contribution in [0.5, 0.6) is 0 Å². The van der Waals surface area contributed by atoms with Gasteiger partial charge in [0.1, 0.15) is 0 Å². The van der Waals surface area contributed by atoms with E-state index in [1.54, 1.807) is 0 Å². The van der Waals surface area contributed by atoms with Crippen molar-refractivity contribution in [3.8, 4) is 0 Å². The Balaban J connectivity index is 0. The molecule has 0 aromatic carbocycles. The van der Waals surface area contributed by atoms with Crippen molar-refractivity contribution in [3.05, 3.63) is 13.2 Å². The zero-order valence-electron chi connectivity index (χ0n) is 7.22. The molecule has 0 aliphatic rings. The minimum Gasteiger partial charge on any atom is -0.352 e. The minimum absolute atomic E-state index is 0.347. The van der Waals surface area contributed by atoms with Gasteiger partial charge in [-0.15, -0.1) is 13.2 Å². The third kappa shape index (κ3) is 12.4. The maximum atomic E-state index is 9.94. The second-order valence-corrected chi connectivity index (χ2v) is 0.283. The SMILES string of the molecule is C=C.[2H]N([2H])C(=O)N([2H])[2H]. The van der Waals surface area contributed by atoms with Crippen LogP contribution in [-0.2, 0) is 0 Å². The summed E-state index contributed by atoms with van der Waals surface area (Å²) in [5.41, 5.74) is -0.694. The Kier molecular flexibility index (Phi) is 2.46. The van der Waals surface area contributed by atoms with Crippen LogP contribution in [0.25, 0.3) is 0 Å². The van der Waals surface area contributed by atoms with E-state index in [4.69, 9.17) is 5.65 Å². The van der Waals surface area contributed by atoms with Crippen molar-refractivity contribution in [2.45, 2.75) is 0 Å². The number of rotatable bonds is 0. The number of carbonyl (C=O) groups excluding carboxylic acids is 1. The lowest BCUT2D eigenvalue weighted by atomic mass is 11.2. The largest absolute Gasteiger partial charge is 0.352 e. The van der Waals surface area contributed by atoms with E-state index in [1.807, 2.05) is 0 Å². The minimum atomic E-state index is -1.31. The summed E-state index contributed by atoms with van der Waals surface area (Å²) < 4.78 is 24.7. The number of hydrogen-bond donors (Lipinski definition) is 2. The fourth-order valence-corrected chi connectivity index (χ4v) is 0. The molecule has 3 nitrogen and oxygen atoms in total. The molecule has 0 aliphatic heterocycles. The third-order valence-electron chi connectivity index (χ3n) is 0. The fourth-order valence-electron chi connectivity index (χ4n) is 0. The molecule has 6 heavy (non-hydrogen) atoms. The summed E-state index contributed by atoms with van der Waals surface area (Å²) >= 11 is 0. The van der Waals surface area contributed by atoms with E-state index in [-0.39, 0.29) is 11.4 Å². The summed E-state index contributed by atoms with van der Waals surface area (Å²) in [5.74, 6) is 0. The Labute approximate surface area is 42.5 Å². The molecule has 0 unspecified atom stereocenters. The van der Waals surface area contributed by atoms with Gasteiger partial charge in [-0.1, -0.05) is 0 Å². The first-order valence-corrected chi connectivity index (χ1v) is 1.15. The summed E-state index contributed by atoms with van der Waals surface area (Å²) in [4.78, 5) is 9.94. The first-order chi connectivity index (χ1) is 4.55. The first-order valence-electron chi connectivity index (χ1n) is 2.94. The molecular weight excluding hydrogens is 80.0 g/mol. The van der Waals surface area contributed by atoms with Crippen molar-refractivity contribution in [1.29, 1.82) is 0 Å². The van der Waals surface area contributed by atoms with E-state index in [9.17, 15) is 4.79 Å². The second kappa shape index (κ2) is 8.99. The summed E-state index contributed by atoms with van der Waals surface area (Å²) in [6.45, 7) is 6.00. The number of nitrogens with two attached hydrogens (primary N) is 2. The molecule has 0 aromatic heterocycles. The monoisotopic (exact) mass is 92.1 g/mol. The highest BCUT2D eigenvalue weighted by Gasteiger charge is 1.60. The van der Waals surface area contributed by atoms with Crippen molar-refractivity contribution in [1.82, 2.24) is 0 Å².